The number of likely N-dealkylation sites (N-methyl/N-ethyl adjacent to an activating group) is 1. The zero-order valence-corrected chi connectivity index (χ0v) is 19.0. The molecule has 2 unspecified atom stereocenters. The maximum Gasteiger partial charge on any atom is 0.189 e. The molecule has 2 aromatic carbocycles. The van der Waals surface area contributed by atoms with Crippen LogP contribution in [0.1, 0.15) is 43.5 Å². The Morgan fingerprint density at radius 1 is 1.14 bits per heavy atom. The van der Waals surface area contributed by atoms with E-state index in [0.29, 0.717) is 19.1 Å². The van der Waals surface area contributed by atoms with Gasteiger partial charge in [0, 0.05) is 12.0 Å². The number of rotatable bonds is 7. The van der Waals surface area contributed by atoms with Crippen molar-refractivity contribution in [3.63, 3.8) is 0 Å². The number of ether oxygens (including phenoxy) is 1. The molecule has 2 aromatic rings. The standard InChI is InChI=1S/C22H30N4O.HI/c1-3-26(4-2)20(17-10-6-5-7-11-17)16-24-22(23)25-19-14-15-27-21-13-9-8-12-18(19)21;/h5-13,19-20H,3-4,14-16H2,1-2H3,(H3,23,24,25);1H. The van der Waals surface area contributed by atoms with Gasteiger partial charge in [0.2, 0.25) is 0 Å². The Kier molecular flexibility index (Phi) is 9.05. The Balaban J connectivity index is 0.00000280. The van der Waals surface area contributed by atoms with E-state index in [4.69, 9.17) is 10.5 Å². The van der Waals surface area contributed by atoms with Crippen molar-refractivity contribution in [2.45, 2.75) is 32.4 Å². The molecule has 1 aliphatic rings. The number of nitrogens with two attached hydrogens (primary N) is 1. The molecule has 0 amide bonds. The third kappa shape index (κ3) is 5.61. The summed E-state index contributed by atoms with van der Waals surface area (Å²) < 4.78 is 5.72. The number of fused-ring (bicyclic) bond motifs is 1. The van der Waals surface area contributed by atoms with Gasteiger partial charge in [-0.15, -0.1) is 24.0 Å². The van der Waals surface area contributed by atoms with E-state index in [1.54, 1.807) is 0 Å². The van der Waals surface area contributed by atoms with Crippen LogP contribution < -0.4 is 15.8 Å². The minimum Gasteiger partial charge on any atom is -0.493 e. The normalized spacial score (nSPS) is 17.2. The Labute approximate surface area is 185 Å². The van der Waals surface area contributed by atoms with E-state index in [-0.39, 0.29) is 36.1 Å². The van der Waals surface area contributed by atoms with Gasteiger partial charge in [-0.05, 0) is 24.7 Å². The van der Waals surface area contributed by atoms with E-state index in [2.05, 4.69) is 59.4 Å². The molecule has 6 heteroatoms. The minimum absolute atomic E-state index is 0. The van der Waals surface area contributed by atoms with Crippen LogP contribution in [0.2, 0.25) is 0 Å². The second-order valence-electron chi connectivity index (χ2n) is 6.75. The van der Waals surface area contributed by atoms with E-state index in [1.807, 2.05) is 24.3 Å². The second kappa shape index (κ2) is 11.3. The highest BCUT2D eigenvalue weighted by Crippen LogP contribution is 2.31. The first kappa shape index (κ1) is 22.5. The summed E-state index contributed by atoms with van der Waals surface area (Å²) in [5, 5.41) is 3.39. The zero-order chi connectivity index (χ0) is 19.1. The molecule has 0 saturated heterocycles. The van der Waals surface area contributed by atoms with Crippen LogP contribution in [0.5, 0.6) is 5.75 Å². The van der Waals surface area contributed by atoms with E-state index in [0.717, 1.165) is 30.8 Å². The molecule has 152 valence electrons. The van der Waals surface area contributed by atoms with Crippen LogP contribution >= 0.6 is 24.0 Å². The van der Waals surface area contributed by atoms with Gasteiger partial charge in [-0.3, -0.25) is 9.89 Å². The Bertz CT molecular complexity index is 749. The SMILES string of the molecule is CCN(CC)C(CN=C(N)NC1CCOc2ccccc21)c1ccccc1.I. The quantitative estimate of drug-likeness (QED) is 0.346. The van der Waals surface area contributed by atoms with E-state index in [1.165, 1.54) is 5.56 Å². The maximum absolute atomic E-state index is 6.25. The highest BCUT2D eigenvalue weighted by Gasteiger charge is 2.22. The molecule has 2 atom stereocenters. The molecule has 0 saturated carbocycles. The zero-order valence-electron chi connectivity index (χ0n) is 16.7. The maximum atomic E-state index is 6.25. The molecule has 1 aliphatic heterocycles. The lowest BCUT2D eigenvalue weighted by atomic mass is 10.0. The molecular weight excluding hydrogens is 463 g/mol. The molecule has 3 rings (SSSR count). The Hall–Kier alpha value is -1.80. The molecule has 3 N–H and O–H groups in total. The predicted octanol–water partition coefficient (Wildman–Crippen LogP) is 4.12. The first-order valence-electron chi connectivity index (χ1n) is 9.80. The van der Waals surface area contributed by atoms with Crippen molar-refractivity contribution in [2.75, 3.05) is 26.2 Å². The van der Waals surface area contributed by atoms with Gasteiger partial charge < -0.3 is 15.8 Å². The van der Waals surface area contributed by atoms with E-state index in [9.17, 15) is 0 Å². The molecule has 5 nitrogen and oxygen atoms in total. The van der Waals surface area contributed by atoms with Crippen molar-refractivity contribution < 1.29 is 4.74 Å². The smallest absolute Gasteiger partial charge is 0.189 e. The summed E-state index contributed by atoms with van der Waals surface area (Å²) in [6, 6.07) is 19.0. The fourth-order valence-corrected chi connectivity index (χ4v) is 3.67. The number of hydrogen-bond donors (Lipinski definition) is 2. The van der Waals surface area contributed by atoms with Gasteiger partial charge in [0.15, 0.2) is 5.96 Å². The molecule has 0 fully saturated rings. The number of benzene rings is 2. The predicted molar refractivity (Wildman–Crippen MR) is 126 cm³/mol. The van der Waals surface area contributed by atoms with Gasteiger partial charge in [0.1, 0.15) is 5.75 Å². The lowest BCUT2D eigenvalue weighted by molar-refractivity contribution is 0.224. The minimum atomic E-state index is 0. The number of nitrogens with zero attached hydrogens (tertiary/aromatic N) is 2. The molecule has 0 aromatic heterocycles. The van der Waals surface area contributed by atoms with Crippen LogP contribution in [0.25, 0.3) is 0 Å². The fourth-order valence-electron chi connectivity index (χ4n) is 3.67. The largest absolute Gasteiger partial charge is 0.493 e. The summed E-state index contributed by atoms with van der Waals surface area (Å²) in [7, 11) is 0. The van der Waals surface area contributed by atoms with Crippen molar-refractivity contribution in [3.05, 3.63) is 65.7 Å². The molecule has 0 aliphatic carbocycles. The Morgan fingerprint density at radius 2 is 1.82 bits per heavy atom. The third-order valence-corrected chi connectivity index (χ3v) is 5.15. The lowest BCUT2D eigenvalue weighted by Crippen LogP contribution is -2.38. The van der Waals surface area contributed by atoms with Gasteiger partial charge in [-0.1, -0.05) is 62.4 Å². The number of guanidine groups is 1. The number of hydrogen-bond acceptors (Lipinski definition) is 3. The van der Waals surface area contributed by atoms with Gasteiger partial charge >= 0.3 is 0 Å². The highest BCUT2D eigenvalue weighted by molar-refractivity contribution is 14.0. The van der Waals surface area contributed by atoms with Crippen molar-refractivity contribution in [1.29, 1.82) is 0 Å². The number of para-hydroxylation sites is 1. The van der Waals surface area contributed by atoms with Crippen LogP contribution in [-0.4, -0.2) is 37.1 Å². The molecule has 28 heavy (non-hydrogen) atoms. The summed E-state index contributed by atoms with van der Waals surface area (Å²) in [5.41, 5.74) is 8.67. The van der Waals surface area contributed by atoms with Crippen LogP contribution in [0.3, 0.4) is 0 Å². The summed E-state index contributed by atoms with van der Waals surface area (Å²) in [5.74, 6) is 1.42. The Morgan fingerprint density at radius 3 is 2.54 bits per heavy atom. The monoisotopic (exact) mass is 494 g/mol. The molecular formula is C22H31IN4O. The first-order valence-corrected chi connectivity index (χ1v) is 9.80. The van der Waals surface area contributed by atoms with Crippen molar-refractivity contribution in [2.24, 2.45) is 10.7 Å². The van der Waals surface area contributed by atoms with Gasteiger partial charge in [-0.2, -0.15) is 0 Å². The molecule has 1 heterocycles. The second-order valence-corrected chi connectivity index (χ2v) is 6.75. The van der Waals surface area contributed by atoms with Gasteiger partial charge in [0.25, 0.3) is 0 Å². The number of aliphatic imine (C=N–C) groups is 1. The topological polar surface area (TPSA) is 62.9 Å². The summed E-state index contributed by atoms with van der Waals surface area (Å²) >= 11 is 0. The van der Waals surface area contributed by atoms with Crippen LogP contribution in [0.4, 0.5) is 0 Å². The summed E-state index contributed by atoms with van der Waals surface area (Å²) in [6.45, 7) is 7.65. The lowest BCUT2D eigenvalue weighted by Gasteiger charge is -2.29. The highest BCUT2D eigenvalue weighted by atomic mass is 127. The number of nitrogens with one attached hydrogen (secondary N) is 1. The molecule has 0 spiro atoms. The van der Waals surface area contributed by atoms with E-state index >= 15 is 0 Å². The summed E-state index contributed by atoms with van der Waals surface area (Å²) in [4.78, 5) is 7.10. The fraction of sp³-hybridized carbons (Fsp3) is 0.409. The van der Waals surface area contributed by atoms with Crippen molar-refractivity contribution >= 4 is 29.9 Å². The van der Waals surface area contributed by atoms with Crippen molar-refractivity contribution in [1.82, 2.24) is 10.2 Å². The number of halogens is 1. The van der Waals surface area contributed by atoms with Gasteiger partial charge in [0.05, 0.1) is 25.2 Å². The average Bonchev–Trinajstić information content (AvgIpc) is 2.72. The molecule has 0 bridgehead atoms. The van der Waals surface area contributed by atoms with E-state index < -0.39 is 0 Å². The average molecular weight is 494 g/mol. The first-order chi connectivity index (χ1) is 13.2. The van der Waals surface area contributed by atoms with Crippen LogP contribution in [0.15, 0.2) is 59.6 Å². The molecule has 0 radical (unpaired) electrons. The van der Waals surface area contributed by atoms with Crippen LogP contribution in [-0.2, 0) is 0 Å². The van der Waals surface area contributed by atoms with Crippen molar-refractivity contribution in [3.8, 4) is 5.75 Å². The van der Waals surface area contributed by atoms with Crippen LogP contribution in [0, 0.1) is 0 Å². The van der Waals surface area contributed by atoms with Gasteiger partial charge in [-0.25, -0.2) is 0 Å². The third-order valence-electron chi connectivity index (χ3n) is 5.15. The summed E-state index contributed by atoms with van der Waals surface area (Å²) in [6.07, 6.45) is 0.880.